The lowest BCUT2D eigenvalue weighted by Crippen LogP contribution is -2.52. The summed E-state index contributed by atoms with van der Waals surface area (Å²) in [7, 11) is -3.10. The zero-order chi connectivity index (χ0) is 19.8. The van der Waals surface area contributed by atoms with E-state index in [1.54, 1.807) is 17.9 Å². The van der Waals surface area contributed by atoms with Gasteiger partial charge in [-0.25, -0.2) is 8.42 Å². The molecule has 0 radical (unpaired) electrons. The maximum Gasteiger partial charge on any atom is 0.266 e. The van der Waals surface area contributed by atoms with Gasteiger partial charge in [0.05, 0.1) is 16.4 Å². The molecular weight excluding hydrogens is 424 g/mol. The molecule has 0 unspecified atom stereocenters. The van der Waals surface area contributed by atoms with Crippen molar-refractivity contribution in [2.24, 2.45) is 0 Å². The van der Waals surface area contributed by atoms with E-state index in [1.165, 1.54) is 28.0 Å². The minimum atomic E-state index is -3.10. The molecule has 0 N–H and O–H groups in total. The summed E-state index contributed by atoms with van der Waals surface area (Å²) in [6, 6.07) is 2.70. The average molecular weight is 445 g/mol. The SMILES string of the molecule is CCN(C(=O)[C@H](C)N1C(=O)/C(=C\c2cccs2)SC1=S)[C@H]1CCS(=O)(=O)C1. The normalized spacial score (nSPS) is 24.6. The van der Waals surface area contributed by atoms with E-state index in [0.29, 0.717) is 22.2 Å². The summed E-state index contributed by atoms with van der Waals surface area (Å²) in [6.45, 7) is 3.85. The lowest BCUT2D eigenvalue weighted by atomic mass is 10.1. The second-order valence-corrected chi connectivity index (χ2v) is 11.3. The van der Waals surface area contributed by atoms with Crippen LogP contribution < -0.4 is 0 Å². The predicted octanol–water partition coefficient (Wildman–Crippen LogP) is 2.37. The van der Waals surface area contributed by atoms with E-state index < -0.39 is 15.9 Å². The van der Waals surface area contributed by atoms with Gasteiger partial charge >= 0.3 is 0 Å². The molecule has 3 rings (SSSR count). The Morgan fingerprint density at radius 3 is 2.81 bits per heavy atom. The van der Waals surface area contributed by atoms with Crippen LogP contribution in [-0.4, -0.2) is 64.5 Å². The summed E-state index contributed by atoms with van der Waals surface area (Å²) in [6.07, 6.45) is 2.22. The zero-order valence-electron chi connectivity index (χ0n) is 15.0. The van der Waals surface area contributed by atoms with Crippen LogP contribution in [0.1, 0.15) is 25.1 Å². The number of rotatable bonds is 5. The molecule has 0 aromatic carbocycles. The Morgan fingerprint density at radius 2 is 2.26 bits per heavy atom. The lowest BCUT2D eigenvalue weighted by Gasteiger charge is -2.32. The fourth-order valence-electron chi connectivity index (χ4n) is 3.28. The number of thiophene rings is 1. The molecule has 2 saturated heterocycles. The van der Waals surface area contributed by atoms with E-state index in [9.17, 15) is 18.0 Å². The highest BCUT2D eigenvalue weighted by atomic mass is 32.2. The number of thioether (sulfide) groups is 1. The van der Waals surface area contributed by atoms with E-state index in [1.807, 2.05) is 24.4 Å². The summed E-state index contributed by atoms with van der Waals surface area (Å²) in [5.74, 6) is -0.473. The summed E-state index contributed by atoms with van der Waals surface area (Å²) in [5.41, 5.74) is 0. The molecule has 3 heterocycles. The molecule has 1 aromatic rings. The van der Waals surface area contributed by atoms with Crippen molar-refractivity contribution < 1.29 is 18.0 Å². The monoisotopic (exact) mass is 444 g/mol. The molecule has 2 amide bonds. The number of sulfone groups is 1. The highest BCUT2D eigenvalue weighted by Gasteiger charge is 2.42. The number of thiocarbonyl (C=S) groups is 1. The first-order valence-electron chi connectivity index (χ1n) is 8.55. The molecule has 0 bridgehead atoms. The molecule has 0 spiro atoms. The second kappa shape index (κ2) is 8.02. The zero-order valence-corrected chi connectivity index (χ0v) is 18.2. The molecule has 27 heavy (non-hydrogen) atoms. The fourth-order valence-corrected chi connectivity index (χ4v) is 7.15. The summed E-state index contributed by atoms with van der Waals surface area (Å²) >= 11 is 8.05. The van der Waals surface area contributed by atoms with Gasteiger partial charge in [-0.3, -0.25) is 14.5 Å². The van der Waals surface area contributed by atoms with Gasteiger partial charge in [0.2, 0.25) is 5.91 Å². The number of carbonyl (C=O) groups excluding carboxylic acids is 2. The van der Waals surface area contributed by atoms with Crippen LogP contribution in [0.2, 0.25) is 0 Å². The third-order valence-electron chi connectivity index (χ3n) is 4.66. The van der Waals surface area contributed by atoms with Gasteiger partial charge in [0.1, 0.15) is 10.4 Å². The van der Waals surface area contributed by atoms with Crippen molar-refractivity contribution in [3.63, 3.8) is 0 Å². The molecule has 1 aromatic heterocycles. The van der Waals surface area contributed by atoms with Crippen LogP contribution in [0, 0.1) is 0 Å². The Morgan fingerprint density at radius 1 is 1.52 bits per heavy atom. The Kier molecular flexibility index (Phi) is 6.09. The first-order chi connectivity index (χ1) is 12.7. The number of hydrogen-bond donors (Lipinski definition) is 0. The minimum absolute atomic E-state index is 0.0179. The van der Waals surface area contributed by atoms with E-state index >= 15 is 0 Å². The maximum absolute atomic E-state index is 13.0. The van der Waals surface area contributed by atoms with Crippen molar-refractivity contribution in [3.8, 4) is 0 Å². The van der Waals surface area contributed by atoms with E-state index in [-0.39, 0.29) is 29.4 Å². The first kappa shape index (κ1) is 20.5. The maximum atomic E-state index is 13.0. The highest BCUT2D eigenvalue weighted by Crippen LogP contribution is 2.35. The predicted molar refractivity (Wildman–Crippen MR) is 113 cm³/mol. The van der Waals surface area contributed by atoms with Crippen molar-refractivity contribution >= 4 is 67.4 Å². The standard InChI is InChI=1S/C17H20N2O4S4/c1-3-18(12-6-8-27(22,23)10-12)15(20)11(2)19-16(21)14(26-17(19)24)9-13-5-4-7-25-13/h4-5,7,9,11-12H,3,6,8,10H2,1-2H3/b14-9+/t11-,12-/m0/s1. The van der Waals surface area contributed by atoms with Crippen molar-refractivity contribution in [1.82, 2.24) is 9.80 Å². The molecule has 146 valence electrons. The van der Waals surface area contributed by atoms with Crippen LogP contribution in [0.3, 0.4) is 0 Å². The minimum Gasteiger partial charge on any atom is -0.337 e. The van der Waals surface area contributed by atoms with Crippen LogP contribution in [0.4, 0.5) is 0 Å². The Bertz CT molecular complexity index is 892. The number of likely N-dealkylation sites (N-methyl/N-ethyl adjacent to an activating group) is 1. The Labute approximate surface area is 172 Å². The Balaban J connectivity index is 1.77. The fraction of sp³-hybridized carbons (Fsp3) is 0.471. The van der Waals surface area contributed by atoms with E-state index in [0.717, 1.165) is 4.88 Å². The summed E-state index contributed by atoms with van der Waals surface area (Å²) < 4.78 is 23.9. The molecule has 2 atom stereocenters. The summed E-state index contributed by atoms with van der Waals surface area (Å²) in [5, 5.41) is 1.92. The molecular formula is C17H20N2O4S4. The van der Waals surface area contributed by atoms with Crippen LogP contribution in [-0.2, 0) is 19.4 Å². The van der Waals surface area contributed by atoms with Crippen LogP contribution >= 0.6 is 35.3 Å². The van der Waals surface area contributed by atoms with Gasteiger partial charge < -0.3 is 4.90 Å². The van der Waals surface area contributed by atoms with Gasteiger partial charge in [-0.15, -0.1) is 11.3 Å². The van der Waals surface area contributed by atoms with Gasteiger partial charge in [-0.1, -0.05) is 30.0 Å². The second-order valence-electron chi connectivity index (χ2n) is 6.42. The van der Waals surface area contributed by atoms with Crippen molar-refractivity contribution in [2.75, 3.05) is 18.1 Å². The van der Waals surface area contributed by atoms with Crippen LogP contribution in [0.5, 0.6) is 0 Å². The van der Waals surface area contributed by atoms with Gasteiger partial charge in [0.25, 0.3) is 5.91 Å². The number of amides is 2. The number of hydrogen-bond acceptors (Lipinski definition) is 7. The molecule has 6 nitrogen and oxygen atoms in total. The van der Waals surface area contributed by atoms with E-state index in [4.69, 9.17) is 12.2 Å². The largest absolute Gasteiger partial charge is 0.337 e. The Hall–Kier alpha value is -1.23. The van der Waals surface area contributed by atoms with Crippen molar-refractivity contribution in [3.05, 3.63) is 27.3 Å². The molecule has 2 fully saturated rings. The van der Waals surface area contributed by atoms with Gasteiger partial charge in [-0.2, -0.15) is 0 Å². The highest BCUT2D eigenvalue weighted by molar-refractivity contribution is 8.26. The summed E-state index contributed by atoms with van der Waals surface area (Å²) in [4.78, 5) is 30.2. The van der Waals surface area contributed by atoms with Gasteiger partial charge in [-0.05, 0) is 37.8 Å². The smallest absolute Gasteiger partial charge is 0.266 e. The topological polar surface area (TPSA) is 74.8 Å². The molecule has 2 aliphatic rings. The van der Waals surface area contributed by atoms with Gasteiger partial charge in [0.15, 0.2) is 9.84 Å². The quantitative estimate of drug-likeness (QED) is 0.513. The van der Waals surface area contributed by atoms with Crippen molar-refractivity contribution in [1.29, 1.82) is 0 Å². The van der Waals surface area contributed by atoms with Crippen LogP contribution in [0.15, 0.2) is 22.4 Å². The molecule has 10 heteroatoms. The number of nitrogens with zero attached hydrogens (tertiary/aromatic N) is 2. The average Bonchev–Trinajstić information content (AvgIpc) is 3.30. The lowest BCUT2D eigenvalue weighted by molar-refractivity contribution is -0.140. The third-order valence-corrected chi connectivity index (χ3v) is 8.56. The number of carbonyl (C=O) groups is 2. The third kappa shape index (κ3) is 4.28. The van der Waals surface area contributed by atoms with Crippen molar-refractivity contribution in [2.45, 2.75) is 32.4 Å². The molecule has 0 aliphatic carbocycles. The molecule has 2 aliphatic heterocycles. The van der Waals surface area contributed by atoms with Gasteiger partial charge in [0, 0.05) is 17.5 Å². The van der Waals surface area contributed by atoms with E-state index in [2.05, 4.69) is 0 Å². The first-order valence-corrected chi connectivity index (χ1v) is 12.5. The molecule has 0 saturated carbocycles. The van der Waals surface area contributed by atoms with Crippen LogP contribution in [0.25, 0.3) is 6.08 Å².